The predicted octanol–water partition coefficient (Wildman–Crippen LogP) is 5.36. The number of aryl methyl sites for hydroxylation is 1. The first kappa shape index (κ1) is 28.3. The summed E-state index contributed by atoms with van der Waals surface area (Å²) in [5, 5.41) is 6.03. The second kappa shape index (κ2) is 12.9. The zero-order valence-electron chi connectivity index (χ0n) is 21.7. The fourth-order valence-electron chi connectivity index (χ4n) is 4.36. The highest BCUT2D eigenvalue weighted by Gasteiger charge is 2.28. The van der Waals surface area contributed by atoms with Crippen molar-refractivity contribution in [2.45, 2.75) is 38.1 Å². The molecule has 39 heavy (non-hydrogen) atoms. The van der Waals surface area contributed by atoms with Gasteiger partial charge >= 0.3 is 10.3 Å². The normalized spacial score (nSPS) is 12.9. The lowest BCUT2D eigenvalue weighted by Gasteiger charge is -2.23. The zero-order valence-corrected chi connectivity index (χ0v) is 23.3. The summed E-state index contributed by atoms with van der Waals surface area (Å²) in [6, 6.07) is 23.6. The maximum atomic E-state index is 14.0. The van der Waals surface area contributed by atoms with Gasteiger partial charge in [0.2, 0.25) is 5.91 Å². The summed E-state index contributed by atoms with van der Waals surface area (Å²) in [5.74, 6) is -0.00108. The number of hydrogen-bond donors (Lipinski definition) is 3. The Hall–Kier alpha value is -3.73. The summed E-state index contributed by atoms with van der Waals surface area (Å²) >= 11 is 1.50. The van der Waals surface area contributed by atoms with Crippen molar-refractivity contribution in [2.24, 2.45) is 0 Å². The third-order valence-electron chi connectivity index (χ3n) is 6.30. The van der Waals surface area contributed by atoms with Crippen molar-refractivity contribution in [2.75, 3.05) is 11.8 Å². The molecule has 4 rings (SSSR count). The van der Waals surface area contributed by atoms with Crippen molar-refractivity contribution in [1.82, 2.24) is 10.3 Å². The molecule has 3 N–H and O–H groups in total. The van der Waals surface area contributed by atoms with Gasteiger partial charge in [-0.05, 0) is 48.6 Å². The average molecular weight is 566 g/mol. The summed E-state index contributed by atoms with van der Waals surface area (Å²) in [7, 11) is -2.77. The van der Waals surface area contributed by atoms with Crippen LogP contribution in [0.15, 0.2) is 84.2 Å². The molecular formula is C29H31N3O5S2. The molecule has 0 spiro atoms. The Kier molecular flexibility index (Phi) is 9.34. The van der Waals surface area contributed by atoms with E-state index in [0.717, 1.165) is 33.8 Å². The van der Waals surface area contributed by atoms with Crippen LogP contribution >= 0.6 is 11.3 Å². The summed E-state index contributed by atoms with van der Waals surface area (Å²) in [5.41, 5.74) is 3.89. The number of amides is 1. The molecule has 0 aliphatic rings. The lowest BCUT2D eigenvalue weighted by atomic mass is 9.90. The molecule has 3 aromatic carbocycles. The second-order valence-corrected chi connectivity index (χ2v) is 11.1. The number of anilines is 1. The van der Waals surface area contributed by atoms with Gasteiger partial charge in [-0.3, -0.25) is 14.1 Å². The summed E-state index contributed by atoms with van der Waals surface area (Å²) in [6.07, 6.45) is 1.72. The number of nitrogens with one attached hydrogen (secondary N) is 2. The number of methoxy groups -OCH3 is 1. The van der Waals surface area contributed by atoms with E-state index in [0.29, 0.717) is 18.6 Å². The van der Waals surface area contributed by atoms with E-state index in [9.17, 15) is 13.2 Å². The number of hydrogen-bond acceptors (Lipinski definition) is 6. The third kappa shape index (κ3) is 7.89. The van der Waals surface area contributed by atoms with Crippen molar-refractivity contribution in [3.63, 3.8) is 0 Å². The molecular weight excluding hydrogens is 534 g/mol. The van der Waals surface area contributed by atoms with E-state index >= 15 is 0 Å². The molecule has 1 amide bonds. The summed E-state index contributed by atoms with van der Waals surface area (Å²) in [4.78, 5) is 18.7. The predicted molar refractivity (Wildman–Crippen MR) is 154 cm³/mol. The van der Waals surface area contributed by atoms with Gasteiger partial charge in [-0.2, -0.15) is 8.42 Å². The van der Waals surface area contributed by atoms with Crippen LogP contribution in [0.1, 0.15) is 46.3 Å². The number of aromatic nitrogens is 1. The SMILES string of the molecule is CCc1csc([C@H](Cc2ccc(NS(=O)(=O)O)cc2)NC(=O)C(Cc2ccccc2)c2ccccc2OC)n1. The van der Waals surface area contributed by atoms with Crippen LogP contribution in [0, 0.1) is 0 Å². The highest BCUT2D eigenvalue weighted by Crippen LogP contribution is 2.31. The number of benzene rings is 3. The van der Waals surface area contributed by atoms with Gasteiger partial charge in [-0.1, -0.05) is 67.6 Å². The molecule has 0 fully saturated rings. The monoisotopic (exact) mass is 565 g/mol. The maximum absolute atomic E-state index is 14.0. The van der Waals surface area contributed by atoms with Gasteiger partial charge < -0.3 is 10.1 Å². The lowest BCUT2D eigenvalue weighted by Crippen LogP contribution is -2.35. The molecule has 1 heterocycles. The Labute approximate surface area is 233 Å². The minimum absolute atomic E-state index is 0.147. The van der Waals surface area contributed by atoms with E-state index in [1.807, 2.05) is 71.6 Å². The largest absolute Gasteiger partial charge is 0.496 e. The van der Waals surface area contributed by atoms with Crippen molar-refractivity contribution < 1.29 is 22.5 Å². The topological polar surface area (TPSA) is 118 Å². The highest BCUT2D eigenvalue weighted by molar-refractivity contribution is 7.87. The van der Waals surface area contributed by atoms with Gasteiger partial charge in [0, 0.05) is 10.9 Å². The number of carbonyl (C=O) groups excluding carboxylic acids is 1. The van der Waals surface area contributed by atoms with Crippen LogP contribution in [0.4, 0.5) is 5.69 Å². The molecule has 8 nitrogen and oxygen atoms in total. The fourth-order valence-corrected chi connectivity index (χ4v) is 5.75. The van der Waals surface area contributed by atoms with Crippen LogP contribution in [-0.4, -0.2) is 31.0 Å². The lowest BCUT2D eigenvalue weighted by molar-refractivity contribution is -0.123. The molecule has 0 radical (unpaired) electrons. The Bertz CT molecular complexity index is 1490. The third-order valence-corrected chi connectivity index (χ3v) is 7.80. The molecule has 0 saturated heterocycles. The molecule has 2 atom stereocenters. The average Bonchev–Trinajstić information content (AvgIpc) is 3.41. The molecule has 10 heteroatoms. The summed E-state index contributed by atoms with van der Waals surface area (Å²) in [6.45, 7) is 2.03. The van der Waals surface area contributed by atoms with Crippen LogP contribution < -0.4 is 14.8 Å². The zero-order chi connectivity index (χ0) is 27.8. The quantitative estimate of drug-likeness (QED) is 0.199. The van der Waals surface area contributed by atoms with Gasteiger partial charge in [0.15, 0.2) is 0 Å². The number of nitrogens with zero attached hydrogens (tertiary/aromatic N) is 1. The minimum Gasteiger partial charge on any atom is -0.496 e. The smallest absolute Gasteiger partial charge is 0.357 e. The van der Waals surface area contributed by atoms with Gasteiger partial charge in [0.05, 0.1) is 30.5 Å². The molecule has 1 unspecified atom stereocenters. The molecule has 0 aliphatic heterocycles. The first-order valence-electron chi connectivity index (χ1n) is 12.5. The van der Waals surface area contributed by atoms with E-state index in [1.165, 1.54) is 11.3 Å². The highest BCUT2D eigenvalue weighted by atomic mass is 32.2. The molecule has 4 aromatic rings. The Balaban J connectivity index is 1.64. The van der Waals surface area contributed by atoms with Crippen molar-refractivity contribution in [3.8, 4) is 5.75 Å². The van der Waals surface area contributed by atoms with Crippen molar-refractivity contribution >= 4 is 33.2 Å². The van der Waals surface area contributed by atoms with Gasteiger partial charge in [-0.25, -0.2) is 4.98 Å². The molecule has 0 bridgehead atoms. The maximum Gasteiger partial charge on any atom is 0.357 e. The second-order valence-electron chi connectivity index (χ2n) is 9.05. The number of rotatable bonds is 12. The first-order valence-corrected chi connectivity index (χ1v) is 14.8. The number of carbonyl (C=O) groups is 1. The van der Waals surface area contributed by atoms with E-state index < -0.39 is 22.3 Å². The van der Waals surface area contributed by atoms with Gasteiger partial charge in [0.1, 0.15) is 10.8 Å². The summed E-state index contributed by atoms with van der Waals surface area (Å²) < 4.78 is 39.0. The Morgan fingerprint density at radius 1 is 0.974 bits per heavy atom. The van der Waals surface area contributed by atoms with E-state index in [4.69, 9.17) is 14.3 Å². The minimum atomic E-state index is -4.37. The van der Waals surface area contributed by atoms with Crippen LogP contribution in [0.5, 0.6) is 5.75 Å². The first-order chi connectivity index (χ1) is 18.8. The van der Waals surface area contributed by atoms with Gasteiger partial charge in [0.25, 0.3) is 0 Å². The van der Waals surface area contributed by atoms with Crippen LogP contribution in [-0.2, 0) is 34.4 Å². The van der Waals surface area contributed by atoms with Crippen molar-refractivity contribution in [1.29, 1.82) is 0 Å². The standard InChI is InChI=1S/C29H31N3O5S2/c1-3-22-19-38-29(30-22)26(18-21-13-15-23(16-14-21)32-39(34,35)36)31-28(33)25(17-20-9-5-4-6-10-20)24-11-7-8-12-27(24)37-2/h4-16,19,25-26,32H,3,17-18H2,1-2H3,(H,31,33)(H,34,35,36)/t25?,26-/m0/s1. The van der Waals surface area contributed by atoms with Crippen LogP contribution in [0.2, 0.25) is 0 Å². The van der Waals surface area contributed by atoms with Gasteiger partial charge in [-0.15, -0.1) is 11.3 Å². The Morgan fingerprint density at radius 3 is 2.28 bits per heavy atom. The van der Waals surface area contributed by atoms with Crippen LogP contribution in [0.3, 0.4) is 0 Å². The molecule has 0 aliphatic carbocycles. The van der Waals surface area contributed by atoms with Crippen LogP contribution in [0.25, 0.3) is 0 Å². The number of para-hydroxylation sites is 1. The molecule has 204 valence electrons. The number of ether oxygens (including phenoxy) is 1. The number of thiazole rings is 1. The molecule has 1 aromatic heterocycles. The van der Waals surface area contributed by atoms with E-state index in [2.05, 4.69) is 5.32 Å². The van der Waals surface area contributed by atoms with Crippen molar-refractivity contribution in [3.05, 3.63) is 112 Å². The molecule has 0 saturated carbocycles. The van der Waals surface area contributed by atoms with E-state index in [-0.39, 0.29) is 11.6 Å². The van der Waals surface area contributed by atoms with E-state index in [1.54, 1.807) is 31.4 Å². The fraction of sp³-hybridized carbons (Fsp3) is 0.241. The Morgan fingerprint density at radius 2 is 1.64 bits per heavy atom.